The molecule has 124 valence electrons. The molecule has 0 aliphatic carbocycles. The van der Waals surface area contributed by atoms with Crippen molar-refractivity contribution in [1.29, 1.82) is 0 Å². The number of aromatic nitrogens is 1. The highest BCUT2D eigenvalue weighted by atomic mass is 79.9. The smallest absolute Gasteiger partial charge is 0.339 e. The minimum Gasteiger partial charge on any atom is -1.00 e. The van der Waals surface area contributed by atoms with Gasteiger partial charge < -0.3 is 21.7 Å². The summed E-state index contributed by atoms with van der Waals surface area (Å²) in [5.41, 5.74) is 3.32. The van der Waals surface area contributed by atoms with Gasteiger partial charge in [-0.3, -0.25) is 0 Å². The van der Waals surface area contributed by atoms with Gasteiger partial charge in [-0.1, -0.05) is 66.5 Å². The summed E-state index contributed by atoms with van der Waals surface area (Å²) in [5.74, 6) is 0.826. The van der Waals surface area contributed by atoms with Crippen LogP contribution >= 0.6 is 11.3 Å². The zero-order chi connectivity index (χ0) is 16.1. The van der Waals surface area contributed by atoms with E-state index < -0.39 is 0 Å². The molecule has 0 spiro atoms. The first-order chi connectivity index (χ1) is 11.3. The first-order valence-corrected chi connectivity index (χ1v) is 8.29. The maximum atomic E-state index is 5.42. The Morgan fingerprint density at radius 2 is 1.83 bits per heavy atom. The minimum absolute atomic E-state index is 0. The van der Waals surface area contributed by atoms with Gasteiger partial charge in [-0.15, -0.1) is 0 Å². The summed E-state index contributed by atoms with van der Waals surface area (Å²) >= 11 is 1.67. The number of hydrogen-bond donors (Lipinski definition) is 1. The van der Waals surface area contributed by atoms with Crippen molar-refractivity contribution < 1.29 is 26.3 Å². The van der Waals surface area contributed by atoms with E-state index in [1.807, 2.05) is 36.4 Å². The van der Waals surface area contributed by atoms with E-state index in [2.05, 4.69) is 46.1 Å². The Kier molecular flexibility index (Phi) is 6.58. The molecule has 0 fully saturated rings. The third-order valence-electron chi connectivity index (χ3n) is 3.55. The van der Waals surface area contributed by atoms with Gasteiger partial charge in [0.05, 0.1) is 7.11 Å². The number of thiazole rings is 1. The third-order valence-corrected chi connectivity index (χ3v) is 4.43. The predicted molar refractivity (Wildman–Crippen MR) is 96.4 cm³/mol. The molecule has 0 radical (unpaired) electrons. The number of anilines is 2. The van der Waals surface area contributed by atoms with Crippen LogP contribution in [0.25, 0.3) is 11.3 Å². The fourth-order valence-electron chi connectivity index (χ4n) is 2.45. The lowest BCUT2D eigenvalue weighted by atomic mass is 10.2. The van der Waals surface area contributed by atoms with E-state index in [1.54, 1.807) is 18.4 Å². The highest BCUT2D eigenvalue weighted by Crippen LogP contribution is 2.30. The standard InChI is InChI=1S/C19H18N2OS.BrH/c1-3-13-21-17(15-9-5-4-6-10-15)14-23-19(21)20-16-11-7-8-12-18(16)22-2;/h3-12,14H,1,13H2,2H3;1H. The number of benzene rings is 2. The molecule has 0 bridgehead atoms. The summed E-state index contributed by atoms with van der Waals surface area (Å²) in [6.07, 6.45) is 1.91. The molecular weight excluding hydrogens is 384 g/mol. The number of ether oxygens (including phenoxy) is 1. The maximum Gasteiger partial charge on any atom is 0.339 e. The molecule has 5 heteroatoms. The third kappa shape index (κ3) is 3.86. The second kappa shape index (κ2) is 8.66. The highest BCUT2D eigenvalue weighted by molar-refractivity contribution is 7.13. The second-order valence-corrected chi connectivity index (χ2v) is 5.87. The number of hydrogen-bond acceptors (Lipinski definition) is 3. The Morgan fingerprint density at radius 3 is 2.54 bits per heavy atom. The summed E-state index contributed by atoms with van der Waals surface area (Å²) in [5, 5.41) is 6.69. The zero-order valence-corrected chi connectivity index (χ0v) is 15.8. The van der Waals surface area contributed by atoms with Gasteiger partial charge in [0.15, 0.2) is 11.4 Å². The molecule has 1 N–H and O–H groups in total. The fourth-order valence-corrected chi connectivity index (χ4v) is 3.41. The Balaban J connectivity index is 0.00000208. The average molecular weight is 403 g/mol. The van der Waals surface area contributed by atoms with Gasteiger partial charge in [0.1, 0.15) is 12.2 Å². The van der Waals surface area contributed by atoms with Crippen LogP contribution in [0, 0.1) is 0 Å². The molecule has 2 aromatic carbocycles. The predicted octanol–water partition coefficient (Wildman–Crippen LogP) is 1.64. The van der Waals surface area contributed by atoms with E-state index in [1.165, 1.54) is 11.3 Å². The largest absolute Gasteiger partial charge is 1.00 e. The van der Waals surface area contributed by atoms with E-state index in [9.17, 15) is 0 Å². The van der Waals surface area contributed by atoms with E-state index in [-0.39, 0.29) is 17.0 Å². The summed E-state index contributed by atoms with van der Waals surface area (Å²) < 4.78 is 7.64. The molecule has 3 rings (SSSR count). The molecule has 3 aromatic rings. The minimum atomic E-state index is 0. The van der Waals surface area contributed by atoms with Gasteiger partial charge in [0.2, 0.25) is 0 Å². The topological polar surface area (TPSA) is 25.1 Å². The monoisotopic (exact) mass is 402 g/mol. The molecule has 1 aromatic heterocycles. The van der Waals surface area contributed by atoms with Crippen LogP contribution in [0.5, 0.6) is 5.75 Å². The average Bonchev–Trinajstić information content (AvgIpc) is 2.99. The number of rotatable bonds is 6. The first-order valence-electron chi connectivity index (χ1n) is 7.41. The van der Waals surface area contributed by atoms with E-state index in [4.69, 9.17) is 4.74 Å². The molecule has 0 aliphatic rings. The van der Waals surface area contributed by atoms with Gasteiger partial charge >= 0.3 is 5.13 Å². The van der Waals surface area contributed by atoms with Crippen LogP contribution in [0.15, 0.2) is 72.6 Å². The second-order valence-electron chi connectivity index (χ2n) is 5.02. The molecule has 0 amide bonds. The van der Waals surface area contributed by atoms with E-state index in [0.29, 0.717) is 0 Å². The van der Waals surface area contributed by atoms with Crippen LogP contribution in [0.3, 0.4) is 0 Å². The van der Waals surface area contributed by atoms with Gasteiger partial charge in [-0.2, -0.15) is 0 Å². The lowest BCUT2D eigenvalue weighted by Crippen LogP contribution is -3.00. The van der Waals surface area contributed by atoms with Gasteiger partial charge in [0, 0.05) is 10.9 Å². The summed E-state index contributed by atoms with van der Waals surface area (Å²) in [7, 11) is 1.68. The van der Waals surface area contributed by atoms with E-state index in [0.717, 1.165) is 23.1 Å². The molecule has 0 atom stereocenters. The molecule has 3 nitrogen and oxygen atoms in total. The van der Waals surface area contributed by atoms with Crippen molar-refractivity contribution in [3.63, 3.8) is 0 Å². The summed E-state index contributed by atoms with van der Waals surface area (Å²) in [6.45, 7) is 4.62. The molecule has 0 saturated heterocycles. The maximum absolute atomic E-state index is 5.42. The lowest BCUT2D eigenvalue weighted by molar-refractivity contribution is -0.657. The molecule has 1 heterocycles. The summed E-state index contributed by atoms with van der Waals surface area (Å²) in [4.78, 5) is 0. The van der Waals surface area contributed by atoms with Crippen molar-refractivity contribution in [3.05, 3.63) is 72.6 Å². The molecule has 0 aliphatic heterocycles. The van der Waals surface area contributed by atoms with Crippen LogP contribution in [-0.4, -0.2) is 7.11 Å². The Bertz CT molecular complexity index is 802. The lowest BCUT2D eigenvalue weighted by Gasteiger charge is -2.07. The van der Waals surface area contributed by atoms with Crippen molar-refractivity contribution in [2.24, 2.45) is 0 Å². The van der Waals surface area contributed by atoms with Crippen LogP contribution < -0.4 is 31.6 Å². The molecule has 24 heavy (non-hydrogen) atoms. The fraction of sp³-hybridized carbons (Fsp3) is 0.105. The Morgan fingerprint density at radius 1 is 1.12 bits per heavy atom. The van der Waals surface area contributed by atoms with Crippen LogP contribution in [-0.2, 0) is 6.54 Å². The number of halogens is 1. The van der Waals surface area contributed by atoms with Crippen LogP contribution in [0.2, 0.25) is 0 Å². The van der Waals surface area contributed by atoms with Crippen molar-refractivity contribution in [3.8, 4) is 17.0 Å². The number of nitrogens with zero attached hydrogens (tertiary/aromatic N) is 1. The van der Waals surface area contributed by atoms with Crippen molar-refractivity contribution in [1.82, 2.24) is 0 Å². The normalized spacial score (nSPS) is 9.88. The molecule has 0 unspecified atom stereocenters. The number of methoxy groups -OCH3 is 1. The zero-order valence-electron chi connectivity index (χ0n) is 13.4. The quantitative estimate of drug-likeness (QED) is 0.500. The van der Waals surface area contributed by atoms with Gasteiger partial charge in [-0.05, 0) is 12.1 Å². The summed E-state index contributed by atoms with van der Waals surface area (Å²) in [6, 6.07) is 18.3. The molecular formula is C19H19BrN2OS. The van der Waals surface area contributed by atoms with Crippen LogP contribution in [0.1, 0.15) is 0 Å². The van der Waals surface area contributed by atoms with Crippen molar-refractivity contribution in [2.75, 3.05) is 12.4 Å². The van der Waals surface area contributed by atoms with Gasteiger partial charge in [-0.25, -0.2) is 9.88 Å². The van der Waals surface area contributed by atoms with Crippen LogP contribution in [0.4, 0.5) is 10.8 Å². The van der Waals surface area contributed by atoms with Gasteiger partial charge in [0.25, 0.3) is 0 Å². The van der Waals surface area contributed by atoms with Crippen molar-refractivity contribution >= 4 is 22.2 Å². The number of allylic oxidation sites excluding steroid dienone is 1. The molecule has 0 saturated carbocycles. The van der Waals surface area contributed by atoms with E-state index >= 15 is 0 Å². The Labute approximate surface area is 157 Å². The SMILES string of the molecule is C=CC[n+]1c(-c2ccccc2)csc1Nc1ccccc1OC.[Br-]. The first kappa shape index (κ1) is 18.2. The number of para-hydroxylation sites is 2. The Hall–Kier alpha value is -2.11. The van der Waals surface area contributed by atoms with Crippen molar-refractivity contribution in [2.45, 2.75) is 6.54 Å². The number of nitrogens with one attached hydrogen (secondary N) is 1. The highest BCUT2D eigenvalue weighted by Gasteiger charge is 2.19.